The van der Waals surface area contributed by atoms with Gasteiger partial charge >= 0.3 is 0 Å². The molecule has 0 saturated heterocycles. The number of benzene rings is 1. The van der Waals surface area contributed by atoms with Gasteiger partial charge in [0.2, 0.25) is 0 Å². The Morgan fingerprint density at radius 2 is 1.95 bits per heavy atom. The van der Waals surface area contributed by atoms with Crippen molar-refractivity contribution in [2.24, 2.45) is 0 Å². The van der Waals surface area contributed by atoms with E-state index < -0.39 is 5.60 Å². The summed E-state index contributed by atoms with van der Waals surface area (Å²) >= 11 is 0. The third kappa shape index (κ3) is 3.21. The quantitative estimate of drug-likeness (QED) is 0.855. The number of rotatable bonds is 4. The van der Waals surface area contributed by atoms with Crippen molar-refractivity contribution in [1.82, 2.24) is 4.90 Å². The minimum absolute atomic E-state index is 0.0224. The topological polar surface area (TPSA) is 32.8 Å². The van der Waals surface area contributed by atoms with Crippen molar-refractivity contribution in [3.05, 3.63) is 23.8 Å². The number of carbonyl (C=O) groups excluding carboxylic acids is 1. The predicted octanol–water partition coefficient (Wildman–Crippen LogP) is 2.88. The van der Waals surface area contributed by atoms with Crippen LogP contribution in [0.3, 0.4) is 0 Å². The van der Waals surface area contributed by atoms with Gasteiger partial charge in [-0.2, -0.15) is 0 Å². The van der Waals surface area contributed by atoms with Gasteiger partial charge in [0.1, 0.15) is 5.75 Å². The molecule has 2 rings (SSSR count). The molecule has 1 aliphatic heterocycles. The van der Waals surface area contributed by atoms with Crippen LogP contribution >= 0.6 is 0 Å². The number of anilines is 1. The molecule has 0 bridgehead atoms. The summed E-state index contributed by atoms with van der Waals surface area (Å²) in [7, 11) is 4.03. The van der Waals surface area contributed by atoms with Gasteiger partial charge in [0.05, 0.1) is 5.69 Å². The number of likely N-dealkylation sites (N-methyl/N-ethyl adjacent to an activating group) is 1. The lowest BCUT2D eigenvalue weighted by Crippen LogP contribution is -2.53. The Bertz CT molecular complexity index is 536. The average Bonchev–Trinajstić information content (AvgIpc) is 2.38. The molecule has 1 aromatic rings. The van der Waals surface area contributed by atoms with Crippen LogP contribution in [0.4, 0.5) is 5.69 Å². The lowest BCUT2D eigenvalue weighted by Gasteiger charge is -2.39. The molecule has 0 saturated carbocycles. The molecule has 1 aromatic carbocycles. The second-order valence-corrected chi connectivity index (χ2v) is 6.75. The lowest BCUT2D eigenvalue weighted by molar-refractivity contribution is -0.132. The lowest BCUT2D eigenvalue weighted by atomic mass is 9.99. The van der Waals surface area contributed by atoms with Crippen molar-refractivity contribution in [3.63, 3.8) is 0 Å². The summed E-state index contributed by atoms with van der Waals surface area (Å²) in [4.78, 5) is 16.6. The monoisotopic (exact) mass is 290 g/mol. The number of fused-ring (bicyclic) bond motifs is 1. The van der Waals surface area contributed by atoms with Crippen molar-refractivity contribution in [2.45, 2.75) is 39.2 Å². The minimum Gasteiger partial charge on any atom is -0.476 e. The van der Waals surface area contributed by atoms with Crippen LogP contribution < -0.4 is 9.64 Å². The Morgan fingerprint density at radius 3 is 2.52 bits per heavy atom. The van der Waals surface area contributed by atoms with Gasteiger partial charge in [-0.3, -0.25) is 4.79 Å². The summed E-state index contributed by atoms with van der Waals surface area (Å²) in [5.41, 5.74) is 1.30. The van der Waals surface area contributed by atoms with Gasteiger partial charge in [-0.15, -0.1) is 0 Å². The third-order valence-corrected chi connectivity index (χ3v) is 3.84. The molecule has 0 aliphatic carbocycles. The standard InChI is InChI=1S/C17H26N2O2/c1-12(2)13-7-8-14-15(11-13)21-17(3,4)16(20)19(14)10-9-18(5)6/h7-8,11-12H,9-10H2,1-6H3. The van der Waals surface area contributed by atoms with E-state index in [0.717, 1.165) is 18.0 Å². The van der Waals surface area contributed by atoms with E-state index in [4.69, 9.17) is 4.74 Å². The van der Waals surface area contributed by atoms with E-state index in [1.807, 2.05) is 38.9 Å². The zero-order chi connectivity index (χ0) is 15.8. The van der Waals surface area contributed by atoms with Gasteiger partial charge in [0, 0.05) is 13.1 Å². The van der Waals surface area contributed by atoms with Crippen LogP contribution in [0, 0.1) is 0 Å². The zero-order valence-electron chi connectivity index (χ0n) is 13.9. The number of nitrogens with zero attached hydrogens (tertiary/aromatic N) is 2. The molecule has 4 heteroatoms. The van der Waals surface area contributed by atoms with Crippen molar-refractivity contribution < 1.29 is 9.53 Å². The molecule has 1 aliphatic rings. The summed E-state index contributed by atoms with van der Waals surface area (Å²) in [6, 6.07) is 6.16. The van der Waals surface area contributed by atoms with Crippen LogP contribution in [0.25, 0.3) is 0 Å². The highest BCUT2D eigenvalue weighted by atomic mass is 16.5. The Balaban J connectivity index is 2.40. The van der Waals surface area contributed by atoms with Gasteiger partial charge < -0.3 is 14.5 Å². The molecule has 0 atom stereocenters. The molecular formula is C17H26N2O2. The van der Waals surface area contributed by atoms with E-state index >= 15 is 0 Å². The first-order valence-electron chi connectivity index (χ1n) is 7.52. The summed E-state index contributed by atoms with van der Waals surface area (Å²) in [6.45, 7) is 9.49. The number of carbonyl (C=O) groups is 1. The van der Waals surface area contributed by atoms with E-state index in [9.17, 15) is 4.79 Å². The Morgan fingerprint density at radius 1 is 1.29 bits per heavy atom. The summed E-state index contributed by atoms with van der Waals surface area (Å²) in [6.07, 6.45) is 0. The summed E-state index contributed by atoms with van der Waals surface area (Å²) < 4.78 is 5.95. The van der Waals surface area contributed by atoms with Gasteiger partial charge in [-0.05, 0) is 51.6 Å². The van der Waals surface area contributed by atoms with Gasteiger partial charge in [-0.25, -0.2) is 0 Å². The average molecular weight is 290 g/mol. The van der Waals surface area contributed by atoms with E-state index in [-0.39, 0.29) is 5.91 Å². The highest BCUT2D eigenvalue weighted by Crippen LogP contribution is 2.39. The Labute approximate surface area is 127 Å². The van der Waals surface area contributed by atoms with E-state index in [0.29, 0.717) is 12.5 Å². The van der Waals surface area contributed by atoms with Crippen molar-refractivity contribution >= 4 is 11.6 Å². The summed E-state index contributed by atoms with van der Waals surface area (Å²) in [5.74, 6) is 1.27. The van der Waals surface area contributed by atoms with E-state index in [2.05, 4.69) is 30.9 Å². The van der Waals surface area contributed by atoms with Crippen LogP contribution in [0.5, 0.6) is 5.75 Å². The summed E-state index contributed by atoms with van der Waals surface area (Å²) in [5, 5.41) is 0. The number of ether oxygens (including phenoxy) is 1. The molecule has 0 spiro atoms. The maximum absolute atomic E-state index is 12.6. The first-order chi connectivity index (χ1) is 9.72. The second kappa shape index (κ2) is 5.68. The highest BCUT2D eigenvalue weighted by molar-refractivity contribution is 6.02. The molecular weight excluding hydrogens is 264 g/mol. The van der Waals surface area contributed by atoms with Crippen LogP contribution in [0.2, 0.25) is 0 Å². The molecule has 21 heavy (non-hydrogen) atoms. The molecule has 4 nitrogen and oxygen atoms in total. The van der Waals surface area contributed by atoms with E-state index in [1.54, 1.807) is 0 Å². The largest absolute Gasteiger partial charge is 0.476 e. The van der Waals surface area contributed by atoms with Crippen molar-refractivity contribution in [2.75, 3.05) is 32.1 Å². The maximum Gasteiger partial charge on any atom is 0.270 e. The van der Waals surface area contributed by atoms with Crippen molar-refractivity contribution in [1.29, 1.82) is 0 Å². The van der Waals surface area contributed by atoms with Crippen LogP contribution in [0.15, 0.2) is 18.2 Å². The first kappa shape index (κ1) is 15.8. The Kier molecular flexibility index (Phi) is 4.28. The fourth-order valence-corrected chi connectivity index (χ4v) is 2.47. The molecule has 116 valence electrons. The van der Waals surface area contributed by atoms with Gasteiger partial charge in [-0.1, -0.05) is 19.9 Å². The SMILES string of the molecule is CC(C)c1ccc2c(c1)OC(C)(C)C(=O)N2CCN(C)C. The molecule has 1 amide bonds. The first-order valence-corrected chi connectivity index (χ1v) is 7.52. The van der Waals surface area contributed by atoms with Gasteiger partial charge in [0.15, 0.2) is 5.60 Å². The van der Waals surface area contributed by atoms with Crippen LogP contribution in [-0.2, 0) is 4.79 Å². The molecule has 0 fully saturated rings. The predicted molar refractivity (Wildman–Crippen MR) is 86.1 cm³/mol. The van der Waals surface area contributed by atoms with Crippen LogP contribution in [0.1, 0.15) is 39.2 Å². The van der Waals surface area contributed by atoms with E-state index in [1.165, 1.54) is 5.56 Å². The smallest absolute Gasteiger partial charge is 0.270 e. The molecule has 0 N–H and O–H groups in total. The minimum atomic E-state index is -0.811. The second-order valence-electron chi connectivity index (χ2n) is 6.75. The van der Waals surface area contributed by atoms with Gasteiger partial charge in [0.25, 0.3) is 5.91 Å². The van der Waals surface area contributed by atoms with Crippen LogP contribution in [-0.4, -0.2) is 43.6 Å². The Hall–Kier alpha value is -1.55. The maximum atomic E-state index is 12.6. The number of hydrogen-bond acceptors (Lipinski definition) is 3. The fourth-order valence-electron chi connectivity index (χ4n) is 2.47. The highest BCUT2D eigenvalue weighted by Gasteiger charge is 2.40. The molecule has 0 radical (unpaired) electrons. The fraction of sp³-hybridized carbons (Fsp3) is 0.588. The third-order valence-electron chi connectivity index (χ3n) is 3.84. The normalized spacial score (nSPS) is 17.1. The number of amides is 1. The molecule has 0 unspecified atom stereocenters. The zero-order valence-corrected chi connectivity index (χ0v) is 13.9. The molecule has 0 aromatic heterocycles. The van der Waals surface area contributed by atoms with Crippen molar-refractivity contribution in [3.8, 4) is 5.75 Å². The number of hydrogen-bond donors (Lipinski definition) is 0. The molecule has 1 heterocycles.